The number of nitrogens with zero attached hydrogens (tertiary/aromatic N) is 2. The van der Waals surface area contributed by atoms with Crippen LogP contribution in [-0.2, 0) is 0 Å². The summed E-state index contributed by atoms with van der Waals surface area (Å²) in [4.78, 5) is 18.1. The molecular weight excluding hydrogens is 302 g/mol. The van der Waals surface area contributed by atoms with Crippen molar-refractivity contribution in [1.82, 2.24) is 15.2 Å². The van der Waals surface area contributed by atoms with Gasteiger partial charge in [-0.15, -0.1) is 0 Å². The van der Waals surface area contributed by atoms with Crippen LogP contribution in [0.1, 0.15) is 50.5 Å². The van der Waals surface area contributed by atoms with Gasteiger partial charge in [-0.3, -0.25) is 9.69 Å². The molecule has 1 aromatic heterocycles. The zero-order chi connectivity index (χ0) is 17.6. The second-order valence-electron chi connectivity index (χ2n) is 7.88. The predicted molar refractivity (Wildman–Crippen MR) is 96.4 cm³/mol. The van der Waals surface area contributed by atoms with E-state index in [-0.39, 0.29) is 5.91 Å². The molecule has 1 aliphatic heterocycles. The van der Waals surface area contributed by atoms with Crippen molar-refractivity contribution in [2.45, 2.75) is 40.0 Å². The van der Waals surface area contributed by atoms with Crippen LogP contribution in [0.5, 0.6) is 5.75 Å². The topological polar surface area (TPSA) is 54.5 Å². The SMILES string of the molecule is CNC(=O)c1ccc(OCCN2CCCC(CC(C)(C)C)C2)cn1. The maximum atomic E-state index is 11.5. The Morgan fingerprint density at radius 3 is 2.83 bits per heavy atom. The summed E-state index contributed by atoms with van der Waals surface area (Å²) in [5.41, 5.74) is 0.813. The van der Waals surface area contributed by atoms with Gasteiger partial charge in [0.2, 0.25) is 0 Å². The van der Waals surface area contributed by atoms with Gasteiger partial charge in [-0.05, 0) is 49.3 Å². The largest absolute Gasteiger partial charge is 0.491 e. The Morgan fingerprint density at radius 1 is 1.42 bits per heavy atom. The summed E-state index contributed by atoms with van der Waals surface area (Å²) >= 11 is 0. The lowest BCUT2D eigenvalue weighted by molar-refractivity contribution is 0.0958. The van der Waals surface area contributed by atoms with Gasteiger partial charge < -0.3 is 10.1 Å². The van der Waals surface area contributed by atoms with Crippen LogP contribution in [0.2, 0.25) is 0 Å². The van der Waals surface area contributed by atoms with Gasteiger partial charge in [0.05, 0.1) is 6.20 Å². The molecule has 1 unspecified atom stereocenters. The van der Waals surface area contributed by atoms with Crippen molar-refractivity contribution >= 4 is 5.91 Å². The van der Waals surface area contributed by atoms with E-state index in [0.29, 0.717) is 23.5 Å². The van der Waals surface area contributed by atoms with Crippen molar-refractivity contribution in [3.8, 4) is 5.75 Å². The van der Waals surface area contributed by atoms with Gasteiger partial charge >= 0.3 is 0 Å². The molecule has 0 bridgehead atoms. The van der Waals surface area contributed by atoms with Gasteiger partial charge in [0.1, 0.15) is 18.1 Å². The van der Waals surface area contributed by atoms with Crippen molar-refractivity contribution in [3.63, 3.8) is 0 Å². The van der Waals surface area contributed by atoms with Crippen LogP contribution in [0.25, 0.3) is 0 Å². The number of carbonyl (C=O) groups is 1. The van der Waals surface area contributed by atoms with Gasteiger partial charge in [0, 0.05) is 20.1 Å². The fraction of sp³-hybridized carbons (Fsp3) is 0.684. The Morgan fingerprint density at radius 2 is 2.21 bits per heavy atom. The molecule has 1 fully saturated rings. The number of likely N-dealkylation sites (tertiary alicyclic amines) is 1. The number of pyridine rings is 1. The minimum absolute atomic E-state index is 0.181. The van der Waals surface area contributed by atoms with Crippen LogP contribution < -0.4 is 10.1 Å². The molecule has 1 atom stereocenters. The second kappa shape index (κ2) is 8.47. The average molecular weight is 333 g/mol. The Kier molecular flexibility index (Phi) is 6.60. The van der Waals surface area contributed by atoms with E-state index in [2.05, 4.69) is 36.0 Å². The highest BCUT2D eigenvalue weighted by molar-refractivity contribution is 5.91. The van der Waals surface area contributed by atoms with Gasteiger partial charge in [-0.1, -0.05) is 20.8 Å². The molecule has 0 aromatic carbocycles. The first-order valence-corrected chi connectivity index (χ1v) is 8.91. The van der Waals surface area contributed by atoms with Gasteiger partial charge in [-0.2, -0.15) is 0 Å². The molecule has 1 aliphatic rings. The zero-order valence-corrected chi connectivity index (χ0v) is 15.5. The Hall–Kier alpha value is -1.62. The minimum Gasteiger partial charge on any atom is -0.491 e. The molecule has 24 heavy (non-hydrogen) atoms. The molecule has 0 aliphatic carbocycles. The first-order chi connectivity index (χ1) is 11.4. The summed E-state index contributed by atoms with van der Waals surface area (Å²) in [7, 11) is 1.60. The molecular formula is C19H31N3O2. The monoisotopic (exact) mass is 333 g/mol. The highest BCUT2D eigenvalue weighted by Crippen LogP contribution is 2.29. The van der Waals surface area contributed by atoms with Crippen LogP contribution in [0.15, 0.2) is 18.3 Å². The Bertz CT molecular complexity index is 522. The van der Waals surface area contributed by atoms with E-state index in [9.17, 15) is 4.79 Å². The number of nitrogens with one attached hydrogen (secondary N) is 1. The second-order valence-corrected chi connectivity index (χ2v) is 7.88. The third-order valence-corrected chi connectivity index (χ3v) is 4.38. The Labute approximate surface area is 145 Å². The molecule has 0 spiro atoms. The Balaban J connectivity index is 1.74. The number of rotatable bonds is 6. The number of aromatic nitrogens is 1. The molecule has 1 amide bonds. The lowest BCUT2D eigenvalue weighted by Gasteiger charge is -2.35. The van der Waals surface area contributed by atoms with Crippen LogP contribution in [0.4, 0.5) is 0 Å². The standard InChI is InChI=1S/C19H31N3O2/c1-19(2,3)12-15-6-5-9-22(14-15)10-11-24-16-7-8-17(21-13-16)18(23)20-4/h7-8,13,15H,5-6,9-12,14H2,1-4H3,(H,20,23). The normalized spacial score (nSPS) is 19.1. The molecule has 5 nitrogen and oxygen atoms in total. The maximum absolute atomic E-state index is 11.5. The molecule has 2 heterocycles. The van der Waals surface area contributed by atoms with E-state index in [1.165, 1.54) is 25.8 Å². The van der Waals surface area contributed by atoms with Crippen molar-refractivity contribution < 1.29 is 9.53 Å². The van der Waals surface area contributed by atoms with E-state index in [1.54, 1.807) is 25.4 Å². The van der Waals surface area contributed by atoms with Crippen molar-refractivity contribution in [2.75, 3.05) is 33.3 Å². The van der Waals surface area contributed by atoms with Gasteiger partial charge in [-0.25, -0.2) is 4.98 Å². The summed E-state index contributed by atoms with van der Waals surface area (Å²) in [5.74, 6) is 1.33. The number of hydrogen-bond donors (Lipinski definition) is 1. The quantitative estimate of drug-likeness (QED) is 0.869. The molecule has 5 heteroatoms. The lowest BCUT2D eigenvalue weighted by atomic mass is 9.81. The average Bonchev–Trinajstić information content (AvgIpc) is 2.53. The molecule has 1 saturated heterocycles. The van der Waals surface area contributed by atoms with Crippen LogP contribution >= 0.6 is 0 Å². The molecule has 1 N–H and O–H groups in total. The summed E-state index contributed by atoms with van der Waals surface area (Å²) in [6.45, 7) is 10.9. The van der Waals surface area contributed by atoms with Gasteiger partial charge in [0.25, 0.3) is 5.91 Å². The van der Waals surface area contributed by atoms with Crippen LogP contribution in [0, 0.1) is 11.3 Å². The van der Waals surface area contributed by atoms with Crippen LogP contribution in [-0.4, -0.2) is 49.1 Å². The highest BCUT2D eigenvalue weighted by Gasteiger charge is 2.24. The van der Waals surface area contributed by atoms with Gasteiger partial charge in [0.15, 0.2) is 0 Å². The highest BCUT2D eigenvalue weighted by atomic mass is 16.5. The number of piperidine rings is 1. The van der Waals surface area contributed by atoms with Crippen molar-refractivity contribution in [1.29, 1.82) is 0 Å². The van der Waals surface area contributed by atoms with E-state index < -0.39 is 0 Å². The zero-order valence-electron chi connectivity index (χ0n) is 15.5. The van der Waals surface area contributed by atoms with Crippen molar-refractivity contribution in [3.05, 3.63) is 24.0 Å². The molecule has 0 radical (unpaired) electrons. The van der Waals surface area contributed by atoms with E-state index in [1.807, 2.05) is 0 Å². The fourth-order valence-electron chi connectivity index (χ4n) is 3.41. The minimum atomic E-state index is -0.181. The number of carbonyl (C=O) groups excluding carboxylic acids is 1. The maximum Gasteiger partial charge on any atom is 0.269 e. The summed E-state index contributed by atoms with van der Waals surface area (Å²) in [6.07, 6.45) is 5.53. The van der Waals surface area contributed by atoms with Crippen LogP contribution in [0.3, 0.4) is 0 Å². The van der Waals surface area contributed by atoms with E-state index >= 15 is 0 Å². The number of ether oxygens (including phenoxy) is 1. The molecule has 1 aromatic rings. The van der Waals surface area contributed by atoms with E-state index in [0.717, 1.165) is 19.0 Å². The number of hydrogen-bond acceptors (Lipinski definition) is 4. The smallest absolute Gasteiger partial charge is 0.269 e. The first kappa shape index (κ1) is 18.7. The summed E-state index contributed by atoms with van der Waals surface area (Å²) in [5, 5.41) is 2.56. The lowest BCUT2D eigenvalue weighted by Crippen LogP contribution is -2.39. The first-order valence-electron chi connectivity index (χ1n) is 8.91. The van der Waals surface area contributed by atoms with Crippen molar-refractivity contribution in [2.24, 2.45) is 11.3 Å². The molecule has 134 valence electrons. The summed E-state index contributed by atoms with van der Waals surface area (Å²) < 4.78 is 5.78. The molecule has 0 saturated carbocycles. The van der Waals surface area contributed by atoms with E-state index in [4.69, 9.17) is 4.74 Å². The molecule has 2 rings (SSSR count). The third-order valence-electron chi connectivity index (χ3n) is 4.38. The predicted octanol–water partition coefficient (Wildman–Crippen LogP) is 2.97. The third kappa shape index (κ3) is 6.11. The number of amides is 1. The fourth-order valence-corrected chi connectivity index (χ4v) is 3.41. The summed E-state index contributed by atoms with van der Waals surface area (Å²) in [6, 6.07) is 3.49.